The fourth-order valence-electron chi connectivity index (χ4n) is 2.03. The Bertz CT molecular complexity index is 715. The summed E-state index contributed by atoms with van der Waals surface area (Å²) < 4.78 is 1.81. The number of nitrogen functional groups attached to an aromatic ring is 1. The fraction of sp³-hybridized carbons (Fsp3) is 0.133. The Morgan fingerprint density at radius 2 is 1.95 bits per heavy atom. The van der Waals surface area contributed by atoms with Crippen LogP contribution in [0.15, 0.2) is 49.1 Å². The fourth-order valence-corrected chi connectivity index (χ4v) is 2.03. The first-order valence-corrected chi connectivity index (χ1v) is 6.36. The maximum atomic E-state index is 5.67. The van der Waals surface area contributed by atoms with Gasteiger partial charge in [-0.15, -0.1) is 0 Å². The van der Waals surface area contributed by atoms with Crippen LogP contribution in [0.1, 0.15) is 11.1 Å². The molecule has 2 heterocycles. The number of aryl methyl sites for hydroxylation is 1. The van der Waals surface area contributed by atoms with Crippen LogP contribution in [0.2, 0.25) is 0 Å². The van der Waals surface area contributed by atoms with Crippen molar-refractivity contribution < 1.29 is 0 Å². The summed E-state index contributed by atoms with van der Waals surface area (Å²) in [6.07, 6.45) is 5.41. The molecule has 3 aromatic rings. The Hall–Kier alpha value is -2.69. The largest absolute Gasteiger partial charge is 0.399 e. The molecule has 20 heavy (non-hydrogen) atoms. The molecule has 2 N–H and O–H groups in total. The van der Waals surface area contributed by atoms with Gasteiger partial charge in [-0.25, -0.2) is 9.67 Å². The highest BCUT2D eigenvalue weighted by Crippen LogP contribution is 2.16. The van der Waals surface area contributed by atoms with Crippen molar-refractivity contribution in [2.45, 2.75) is 13.5 Å². The van der Waals surface area contributed by atoms with Crippen LogP contribution in [0, 0.1) is 6.92 Å². The molecule has 0 saturated heterocycles. The summed E-state index contributed by atoms with van der Waals surface area (Å²) in [6.45, 7) is 2.69. The van der Waals surface area contributed by atoms with E-state index in [9.17, 15) is 0 Å². The molecule has 0 atom stereocenters. The van der Waals surface area contributed by atoms with E-state index in [1.165, 1.54) is 0 Å². The molecule has 0 amide bonds. The van der Waals surface area contributed by atoms with Crippen LogP contribution in [-0.4, -0.2) is 19.7 Å². The number of hydrogen-bond acceptors (Lipinski definition) is 4. The van der Waals surface area contributed by atoms with Gasteiger partial charge in [-0.3, -0.25) is 4.98 Å². The summed E-state index contributed by atoms with van der Waals surface area (Å²) in [5, 5.41) is 4.47. The first-order valence-electron chi connectivity index (χ1n) is 6.36. The standard InChI is InChI=1S/C15H15N5/c1-11-6-12(8-17-7-11)9-20-10-18-15(19-20)13-2-4-14(16)5-3-13/h2-8,10H,9,16H2,1H3. The predicted molar refractivity (Wildman–Crippen MR) is 77.9 cm³/mol. The van der Waals surface area contributed by atoms with E-state index in [1.807, 2.05) is 48.3 Å². The van der Waals surface area contributed by atoms with E-state index in [0.29, 0.717) is 12.4 Å². The van der Waals surface area contributed by atoms with Gasteiger partial charge >= 0.3 is 0 Å². The maximum Gasteiger partial charge on any atom is 0.181 e. The summed E-state index contributed by atoms with van der Waals surface area (Å²) in [6, 6.07) is 9.63. The third-order valence-corrected chi connectivity index (χ3v) is 2.98. The smallest absolute Gasteiger partial charge is 0.181 e. The van der Waals surface area contributed by atoms with E-state index in [1.54, 1.807) is 6.33 Å². The second kappa shape index (κ2) is 5.13. The van der Waals surface area contributed by atoms with Crippen LogP contribution in [0.5, 0.6) is 0 Å². The lowest BCUT2D eigenvalue weighted by Crippen LogP contribution is -2.01. The molecule has 2 aromatic heterocycles. The van der Waals surface area contributed by atoms with Gasteiger partial charge < -0.3 is 5.73 Å². The summed E-state index contributed by atoms with van der Waals surface area (Å²) in [7, 11) is 0. The molecule has 0 aliphatic heterocycles. The van der Waals surface area contributed by atoms with Crippen molar-refractivity contribution in [3.8, 4) is 11.4 Å². The van der Waals surface area contributed by atoms with E-state index < -0.39 is 0 Å². The van der Waals surface area contributed by atoms with Gasteiger partial charge in [-0.2, -0.15) is 5.10 Å². The van der Waals surface area contributed by atoms with Gasteiger partial charge in [-0.1, -0.05) is 6.07 Å². The minimum absolute atomic E-state index is 0.663. The zero-order valence-electron chi connectivity index (χ0n) is 11.2. The normalized spacial score (nSPS) is 10.7. The molecule has 5 heteroatoms. The minimum Gasteiger partial charge on any atom is -0.399 e. The number of benzene rings is 1. The predicted octanol–water partition coefficient (Wildman–Crippen LogP) is 2.28. The van der Waals surface area contributed by atoms with E-state index in [0.717, 1.165) is 22.4 Å². The Balaban J connectivity index is 1.82. The van der Waals surface area contributed by atoms with Crippen LogP contribution in [0.25, 0.3) is 11.4 Å². The zero-order valence-corrected chi connectivity index (χ0v) is 11.2. The second-order valence-electron chi connectivity index (χ2n) is 4.76. The number of nitrogens with zero attached hydrogens (tertiary/aromatic N) is 4. The number of hydrogen-bond donors (Lipinski definition) is 1. The monoisotopic (exact) mass is 265 g/mol. The minimum atomic E-state index is 0.663. The maximum absolute atomic E-state index is 5.67. The molecule has 0 saturated carbocycles. The molecule has 0 bridgehead atoms. The van der Waals surface area contributed by atoms with Crippen LogP contribution < -0.4 is 5.73 Å². The molecule has 0 radical (unpaired) electrons. The SMILES string of the molecule is Cc1cncc(Cn2cnc(-c3ccc(N)cc3)n2)c1. The van der Waals surface area contributed by atoms with Gasteiger partial charge in [0.2, 0.25) is 0 Å². The van der Waals surface area contributed by atoms with Crippen molar-refractivity contribution >= 4 is 5.69 Å². The summed E-state index contributed by atoms with van der Waals surface area (Å²) in [4.78, 5) is 8.50. The third-order valence-electron chi connectivity index (χ3n) is 2.98. The Kier molecular flexibility index (Phi) is 3.16. The van der Waals surface area contributed by atoms with E-state index in [4.69, 9.17) is 5.73 Å². The summed E-state index contributed by atoms with van der Waals surface area (Å²) in [5.74, 6) is 0.700. The first-order chi connectivity index (χ1) is 9.70. The van der Waals surface area contributed by atoms with Gasteiger partial charge in [0.05, 0.1) is 6.54 Å². The molecule has 0 aliphatic carbocycles. The molecule has 0 fully saturated rings. The summed E-state index contributed by atoms with van der Waals surface area (Å²) >= 11 is 0. The lowest BCUT2D eigenvalue weighted by Gasteiger charge is -2.01. The Labute approximate surface area is 117 Å². The van der Waals surface area contributed by atoms with Crippen molar-refractivity contribution in [2.24, 2.45) is 0 Å². The van der Waals surface area contributed by atoms with Gasteiger partial charge in [-0.05, 0) is 42.3 Å². The van der Waals surface area contributed by atoms with Crippen LogP contribution in [0.4, 0.5) is 5.69 Å². The lowest BCUT2D eigenvalue weighted by molar-refractivity contribution is 0.684. The third kappa shape index (κ3) is 2.66. The molecule has 0 unspecified atom stereocenters. The quantitative estimate of drug-likeness (QED) is 0.738. The van der Waals surface area contributed by atoms with E-state index in [-0.39, 0.29) is 0 Å². The highest BCUT2D eigenvalue weighted by Gasteiger charge is 2.04. The van der Waals surface area contributed by atoms with Gasteiger partial charge in [0.15, 0.2) is 5.82 Å². The Morgan fingerprint density at radius 3 is 2.70 bits per heavy atom. The highest BCUT2D eigenvalue weighted by molar-refractivity contribution is 5.57. The first kappa shape index (κ1) is 12.3. The van der Waals surface area contributed by atoms with Gasteiger partial charge in [0, 0.05) is 23.6 Å². The zero-order chi connectivity index (χ0) is 13.9. The van der Waals surface area contributed by atoms with Crippen molar-refractivity contribution in [2.75, 3.05) is 5.73 Å². The van der Waals surface area contributed by atoms with Crippen molar-refractivity contribution in [1.82, 2.24) is 19.7 Å². The van der Waals surface area contributed by atoms with Crippen LogP contribution >= 0.6 is 0 Å². The van der Waals surface area contributed by atoms with Gasteiger partial charge in [0.1, 0.15) is 6.33 Å². The molecule has 1 aromatic carbocycles. The molecular formula is C15H15N5. The highest BCUT2D eigenvalue weighted by atomic mass is 15.3. The molecule has 100 valence electrons. The molecule has 3 rings (SSSR count). The topological polar surface area (TPSA) is 69.6 Å². The van der Waals surface area contributed by atoms with Crippen molar-refractivity contribution in [3.63, 3.8) is 0 Å². The van der Waals surface area contributed by atoms with Crippen molar-refractivity contribution in [3.05, 3.63) is 60.2 Å². The van der Waals surface area contributed by atoms with Crippen molar-refractivity contribution in [1.29, 1.82) is 0 Å². The number of aromatic nitrogens is 4. The molecule has 0 aliphatic rings. The van der Waals surface area contributed by atoms with Crippen LogP contribution in [-0.2, 0) is 6.54 Å². The second-order valence-corrected chi connectivity index (χ2v) is 4.76. The van der Waals surface area contributed by atoms with Gasteiger partial charge in [0.25, 0.3) is 0 Å². The number of anilines is 1. The lowest BCUT2D eigenvalue weighted by atomic mass is 10.2. The Morgan fingerprint density at radius 1 is 1.15 bits per heavy atom. The molecule has 0 spiro atoms. The average Bonchev–Trinajstić information content (AvgIpc) is 2.88. The van der Waals surface area contributed by atoms with Crippen LogP contribution in [0.3, 0.4) is 0 Å². The van der Waals surface area contributed by atoms with E-state index >= 15 is 0 Å². The number of nitrogens with two attached hydrogens (primary N) is 1. The number of rotatable bonds is 3. The summed E-state index contributed by atoms with van der Waals surface area (Å²) in [5.41, 5.74) is 9.62. The molecular weight excluding hydrogens is 250 g/mol. The number of pyridine rings is 1. The average molecular weight is 265 g/mol. The van der Waals surface area contributed by atoms with E-state index in [2.05, 4.69) is 21.1 Å². The molecule has 5 nitrogen and oxygen atoms in total.